The van der Waals surface area contributed by atoms with Crippen molar-refractivity contribution >= 4 is 29.5 Å². The number of carbonyl (C=O) groups excluding carboxylic acids is 2. The van der Waals surface area contributed by atoms with E-state index in [1.54, 1.807) is 0 Å². The molecular weight excluding hydrogens is 321 g/mol. The van der Waals surface area contributed by atoms with Gasteiger partial charge in [0.05, 0.1) is 5.56 Å². The fraction of sp³-hybridized carbons (Fsp3) is 0.286. The van der Waals surface area contributed by atoms with Crippen molar-refractivity contribution in [3.63, 3.8) is 0 Å². The molecule has 0 heterocycles. The minimum atomic E-state index is -4.48. The molecule has 0 aliphatic rings. The molecule has 0 atom stereocenters. The van der Waals surface area contributed by atoms with E-state index in [0.717, 1.165) is 24.3 Å². The van der Waals surface area contributed by atoms with Gasteiger partial charge in [-0.15, -0.1) is 0 Å². The topological polar surface area (TPSA) is 58.2 Å². The summed E-state index contributed by atoms with van der Waals surface area (Å²) in [5.41, 5.74) is -0.754. The predicted octanol–water partition coefficient (Wildman–Crippen LogP) is 2.62. The lowest BCUT2D eigenvalue weighted by molar-refractivity contribution is -0.137. The molecule has 0 saturated carbocycles. The Bertz CT molecular complexity index is 586. The number of amides is 2. The summed E-state index contributed by atoms with van der Waals surface area (Å²) in [5, 5.41) is 5.06. The molecule has 0 saturated heterocycles. The van der Waals surface area contributed by atoms with Crippen LogP contribution in [0.5, 0.6) is 0 Å². The molecule has 0 radical (unpaired) electrons. The van der Waals surface area contributed by atoms with E-state index >= 15 is 0 Å². The normalized spacial score (nSPS) is 11.5. The Morgan fingerprint density at radius 1 is 1.23 bits per heavy atom. The van der Waals surface area contributed by atoms with Crippen molar-refractivity contribution in [2.75, 3.05) is 13.1 Å². The highest BCUT2D eigenvalue weighted by molar-refractivity contribution is 6.32. The van der Waals surface area contributed by atoms with Gasteiger partial charge < -0.3 is 10.6 Å². The van der Waals surface area contributed by atoms with Crippen LogP contribution in [0, 0.1) is 0 Å². The maximum absolute atomic E-state index is 12.6. The minimum absolute atomic E-state index is 0.0912. The summed E-state index contributed by atoms with van der Waals surface area (Å²) in [5.74, 6) is -0.723. The van der Waals surface area contributed by atoms with Gasteiger partial charge >= 0.3 is 6.18 Å². The van der Waals surface area contributed by atoms with Crippen LogP contribution in [0.2, 0.25) is 5.02 Å². The van der Waals surface area contributed by atoms with E-state index < -0.39 is 17.6 Å². The van der Waals surface area contributed by atoms with Crippen LogP contribution in [0.4, 0.5) is 13.2 Å². The average Bonchev–Trinajstić information content (AvgIpc) is 2.41. The smallest absolute Gasteiger partial charge is 0.355 e. The monoisotopic (exact) mass is 334 g/mol. The Kier molecular flexibility index (Phi) is 6.42. The first-order valence-electron chi connectivity index (χ1n) is 6.27. The van der Waals surface area contributed by atoms with Crippen molar-refractivity contribution in [1.82, 2.24) is 10.6 Å². The number of alkyl halides is 3. The number of hydrogen-bond donors (Lipinski definition) is 2. The van der Waals surface area contributed by atoms with Gasteiger partial charge in [0.1, 0.15) is 0 Å². The zero-order chi connectivity index (χ0) is 16.8. The second kappa shape index (κ2) is 7.84. The predicted molar refractivity (Wildman–Crippen MR) is 77.2 cm³/mol. The van der Waals surface area contributed by atoms with Gasteiger partial charge in [-0.3, -0.25) is 9.59 Å². The molecule has 0 bridgehead atoms. The van der Waals surface area contributed by atoms with Gasteiger partial charge in [0.2, 0.25) is 11.8 Å². The van der Waals surface area contributed by atoms with E-state index in [-0.39, 0.29) is 29.6 Å². The number of halogens is 4. The molecular formula is C14H14ClF3N2O2. The summed E-state index contributed by atoms with van der Waals surface area (Å²) in [7, 11) is 0. The van der Waals surface area contributed by atoms with Crippen LogP contribution in [-0.4, -0.2) is 24.9 Å². The number of carbonyl (C=O) groups is 2. The third kappa shape index (κ3) is 6.17. The largest absolute Gasteiger partial charge is 0.416 e. The highest BCUT2D eigenvalue weighted by Gasteiger charge is 2.30. The lowest BCUT2D eigenvalue weighted by Crippen LogP contribution is -2.32. The first-order chi connectivity index (χ1) is 10.2. The van der Waals surface area contributed by atoms with Crippen LogP contribution in [0.3, 0.4) is 0 Å². The zero-order valence-corrected chi connectivity index (χ0v) is 12.4. The van der Waals surface area contributed by atoms with Crippen molar-refractivity contribution in [2.24, 2.45) is 0 Å². The molecule has 0 fully saturated rings. The van der Waals surface area contributed by atoms with Crippen molar-refractivity contribution < 1.29 is 22.8 Å². The Morgan fingerprint density at radius 2 is 1.86 bits per heavy atom. The van der Waals surface area contributed by atoms with Crippen LogP contribution >= 0.6 is 11.6 Å². The SMILES string of the molecule is CC(=O)NCCNC(=O)/C=C/c1cc(C(F)(F)F)ccc1Cl. The van der Waals surface area contributed by atoms with Gasteiger partial charge in [-0.2, -0.15) is 13.2 Å². The zero-order valence-electron chi connectivity index (χ0n) is 11.6. The van der Waals surface area contributed by atoms with Crippen LogP contribution in [0.1, 0.15) is 18.1 Å². The summed E-state index contributed by atoms with van der Waals surface area (Å²) in [6.45, 7) is 1.82. The lowest BCUT2D eigenvalue weighted by atomic mass is 10.1. The van der Waals surface area contributed by atoms with E-state index in [1.165, 1.54) is 13.0 Å². The third-order valence-corrected chi connectivity index (χ3v) is 2.88. The molecule has 0 spiro atoms. The Balaban J connectivity index is 2.65. The van der Waals surface area contributed by atoms with Gasteiger partial charge in [0.15, 0.2) is 0 Å². The Labute approximate surface area is 130 Å². The maximum atomic E-state index is 12.6. The van der Waals surface area contributed by atoms with E-state index in [1.807, 2.05) is 0 Å². The molecule has 4 nitrogen and oxygen atoms in total. The quantitative estimate of drug-likeness (QED) is 0.642. The van der Waals surface area contributed by atoms with Crippen LogP contribution in [-0.2, 0) is 15.8 Å². The van der Waals surface area contributed by atoms with Gasteiger partial charge in [-0.1, -0.05) is 11.6 Å². The summed E-state index contributed by atoms with van der Waals surface area (Å²) >= 11 is 5.79. The Morgan fingerprint density at radius 3 is 2.45 bits per heavy atom. The molecule has 1 rings (SSSR count). The van der Waals surface area contributed by atoms with E-state index in [9.17, 15) is 22.8 Å². The summed E-state index contributed by atoms with van der Waals surface area (Å²) in [6.07, 6.45) is -2.20. The molecule has 1 aromatic rings. The van der Waals surface area contributed by atoms with E-state index in [4.69, 9.17) is 11.6 Å². The molecule has 8 heteroatoms. The molecule has 0 aliphatic heterocycles. The molecule has 0 unspecified atom stereocenters. The van der Waals surface area contributed by atoms with Crippen molar-refractivity contribution in [3.8, 4) is 0 Å². The lowest BCUT2D eigenvalue weighted by Gasteiger charge is -2.08. The number of nitrogens with one attached hydrogen (secondary N) is 2. The number of benzene rings is 1. The highest BCUT2D eigenvalue weighted by Crippen LogP contribution is 2.32. The number of rotatable bonds is 5. The summed E-state index contributed by atoms with van der Waals surface area (Å²) in [4.78, 5) is 22.1. The molecule has 1 aromatic carbocycles. The van der Waals surface area contributed by atoms with Gasteiger partial charge in [-0.05, 0) is 29.8 Å². The minimum Gasteiger partial charge on any atom is -0.355 e. The van der Waals surface area contributed by atoms with E-state index in [2.05, 4.69) is 10.6 Å². The fourth-order valence-corrected chi connectivity index (χ4v) is 1.68. The third-order valence-electron chi connectivity index (χ3n) is 2.54. The fourth-order valence-electron chi connectivity index (χ4n) is 1.50. The standard InChI is InChI=1S/C14H14ClF3N2O2/c1-9(21)19-6-7-20-13(22)5-2-10-8-11(14(16,17)18)3-4-12(10)15/h2-5,8H,6-7H2,1H3,(H,19,21)(H,20,22)/b5-2+. The Hall–Kier alpha value is -2.02. The molecule has 0 aliphatic carbocycles. The van der Waals surface area contributed by atoms with Crippen molar-refractivity contribution in [2.45, 2.75) is 13.1 Å². The second-order valence-corrected chi connectivity index (χ2v) is 4.75. The first-order valence-corrected chi connectivity index (χ1v) is 6.65. The van der Waals surface area contributed by atoms with Crippen molar-refractivity contribution in [3.05, 3.63) is 40.4 Å². The molecule has 22 heavy (non-hydrogen) atoms. The molecule has 2 N–H and O–H groups in total. The summed E-state index contributed by atoms with van der Waals surface area (Å²) in [6, 6.07) is 2.86. The highest BCUT2D eigenvalue weighted by atomic mass is 35.5. The van der Waals surface area contributed by atoms with Crippen LogP contribution in [0.15, 0.2) is 24.3 Å². The molecule has 0 aromatic heterocycles. The maximum Gasteiger partial charge on any atom is 0.416 e. The molecule has 2 amide bonds. The average molecular weight is 335 g/mol. The number of hydrogen-bond acceptors (Lipinski definition) is 2. The van der Waals surface area contributed by atoms with Gasteiger partial charge in [-0.25, -0.2) is 0 Å². The first kappa shape index (κ1) is 18.0. The van der Waals surface area contributed by atoms with E-state index in [0.29, 0.717) is 0 Å². The van der Waals surface area contributed by atoms with Crippen molar-refractivity contribution in [1.29, 1.82) is 0 Å². The van der Waals surface area contributed by atoms with Crippen LogP contribution in [0.25, 0.3) is 6.08 Å². The van der Waals surface area contributed by atoms with Crippen LogP contribution < -0.4 is 10.6 Å². The second-order valence-electron chi connectivity index (χ2n) is 4.34. The molecule has 120 valence electrons. The van der Waals surface area contributed by atoms with Gasteiger partial charge in [0, 0.05) is 31.1 Å². The summed E-state index contributed by atoms with van der Waals surface area (Å²) < 4.78 is 37.8. The van der Waals surface area contributed by atoms with Gasteiger partial charge in [0.25, 0.3) is 0 Å².